The highest BCUT2D eigenvalue weighted by molar-refractivity contribution is 7.09. The highest BCUT2D eigenvalue weighted by Crippen LogP contribution is 2.34. The molecule has 2 aromatic heterocycles. The number of rotatable bonds is 8. The first-order valence-corrected chi connectivity index (χ1v) is 13.0. The third-order valence-corrected chi connectivity index (χ3v) is 7.29. The number of anilines is 2. The zero-order chi connectivity index (χ0) is 27.5. The largest absolute Gasteiger partial charge is 0.395 e. The number of halogens is 1. The predicted octanol–water partition coefficient (Wildman–Crippen LogP) is 3.19. The first-order chi connectivity index (χ1) is 18.8. The molecule has 0 saturated carbocycles. The van der Waals surface area contributed by atoms with Crippen LogP contribution in [0.4, 0.5) is 15.8 Å². The molecule has 0 spiro atoms. The number of ether oxygens (including phenoxy) is 1. The summed E-state index contributed by atoms with van der Waals surface area (Å²) in [4.78, 5) is 45.1. The fraction of sp³-hybridized carbons (Fsp3) is 0.222. The second-order valence-electron chi connectivity index (χ2n) is 9.03. The first-order valence-electron chi connectivity index (χ1n) is 12.2. The Kier molecular flexibility index (Phi) is 7.48. The van der Waals surface area contributed by atoms with Crippen LogP contribution in [0.1, 0.15) is 44.6 Å². The van der Waals surface area contributed by atoms with Crippen LogP contribution in [0, 0.1) is 5.82 Å². The molecule has 12 heteroatoms. The molecule has 3 heterocycles. The van der Waals surface area contributed by atoms with Gasteiger partial charge in [-0.2, -0.15) is 4.37 Å². The van der Waals surface area contributed by atoms with Crippen LogP contribution in [-0.4, -0.2) is 46.3 Å². The van der Waals surface area contributed by atoms with E-state index in [1.807, 2.05) is 6.07 Å². The quantitative estimate of drug-likeness (QED) is 0.306. The lowest BCUT2D eigenvalue weighted by Crippen LogP contribution is -2.45. The number of hydrogen-bond donors (Lipinski definition) is 3. The van der Waals surface area contributed by atoms with Gasteiger partial charge in [0.15, 0.2) is 5.69 Å². The van der Waals surface area contributed by atoms with Gasteiger partial charge in [-0.1, -0.05) is 18.2 Å². The lowest BCUT2D eigenvalue weighted by Gasteiger charge is -2.31. The molecule has 5 N–H and O–H groups in total. The molecule has 4 aromatic rings. The monoisotopic (exact) mass is 548 g/mol. The minimum Gasteiger partial charge on any atom is -0.395 e. The Labute approximate surface area is 226 Å². The van der Waals surface area contributed by atoms with Crippen molar-refractivity contribution in [2.24, 2.45) is 5.73 Å². The molecule has 5 rings (SSSR count). The second kappa shape index (κ2) is 11.1. The molecule has 0 bridgehead atoms. The van der Waals surface area contributed by atoms with Gasteiger partial charge in [-0.05, 0) is 66.3 Å². The number of benzene rings is 2. The smallest absolute Gasteiger partial charge is 0.273 e. The van der Waals surface area contributed by atoms with Crippen LogP contribution in [-0.2, 0) is 9.53 Å². The van der Waals surface area contributed by atoms with Crippen molar-refractivity contribution < 1.29 is 23.5 Å². The number of primary amides is 1. The molecule has 1 aliphatic rings. The maximum Gasteiger partial charge on any atom is 0.273 e. The Hall–Kier alpha value is -4.42. The number of nitrogens with two attached hydrogens (primary N) is 2. The molecule has 200 valence electrons. The van der Waals surface area contributed by atoms with Gasteiger partial charge < -0.3 is 21.5 Å². The summed E-state index contributed by atoms with van der Waals surface area (Å²) in [5.74, 6) is -2.76. The predicted molar refractivity (Wildman–Crippen MR) is 145 cm³/mol. The average Bonchev–Trinajstić information content (AvgIpc) is 3.59. The molecular formula is C27H25FN6O4S. The molecule has 10 nitrogen and oxygen atoms in total. The van der Waals surface area contributed by atoms with Crippen LogP contribution in [0.5, 0.6) is 0 Å². The summed E-state index contributed by atoms with van der Waals surface area (Å²) in [5, 5.41) is 3.64. The number of carbonyl (C=O) groups excluding carboxylic acids is 3. The molecule has 1 aliphatic heterocycles. The Morgan fingerprint density at radius 2 is 2.03 bits per heavy atom. The third kappa shape index (κ3) is 5.42. The standard InChI is InChI=1S/C27H25FN6O4S/c28-17-5-1-6-18(13-17)34(27(37)24-21(29)22(25(30)35)33-39-24)23(26(36)32-14-19-7-3-11-38-19)16-8-9-20-15(12-16)4-2-10-31-20/h1-2,4-6,8-10,12-13,19,23H,3,7,11,14,29H2,(H2,30,35)(H,32,36)/t19-,23+/m1/s1. The number of nitrogens with zero attached hydrogens (tertiary/aromatic N) is 3. The zero-order valence-corrected chi connectivity index (χ0v) is 21.5. The maximum atomic E-state index is 14.5. The van der Waals surface area contributed by atoms with Gasteiger partial charge in [0.05, 0.1) is 17.3 Å². The summed E-state index contributed by atoms with van der Waals surface area (Å²) in [5.41, 5.74) is 12.2. The minimum absolute atomic E-state index is 0.104. The van der Waals surface area contributed by atoms with Gasteiger partial charge in [-0.25, -0.2) is 4.39 Å². The van der Waals surface area contributed by atoms with E-state index < -0.39 is 29.6 Å². The number of pyridine rings is 1. The third-order valence-electron chi connectivity index (χ3n) is 6.44. The van der Waals surface area contributed by atoms with Crippen LogP contribution in [0.25, 0.3) is 10.9 Å². The van der Waals surface area contributed by atoms with Crippen molar-refractivity contribution >= 4 is 51.5 Å². The van der Waals surface area contributed by atoms with Crippen molar-refractivity contribution in [3.8, 4) is 0 Å². The van der Waals surface area contributed by atoms with Gasteiger partial charge in [-0.3, -0.25) is 24.3 Å². The Morgan fingerprint density at radius 3 is 2.74 bits per heavy atom. The van der Waals surface area contributed by atoms with Crippen LogP contribution in [0.2, 0.25) is 0 Å². The highest BCUT2D eigenvalue weighted by atomic mass is 32.1. The molecule has 39 heavy (non-hydrogen) atoms. The lowest BCUT2D eigenvalue weighted by molar-refractivity contribution is -0.123. The van der Waals surface area contributed by atoms with Crippen LogP contribution < -0.4 is 21.7 Å². The Bertz CT molecular complexity index is 1550. The van der Waals surface area contributed by atoms with Crippen molar-refractivity contribution in [2.45, 2.75) is 25.0 Å². The number of amides is 3. The molecular weight excluding hydrogens is 523 g/mol. The van der Waals surface area contributed by atoms with Crippen molar-refractivity contribution in [1.29, 1.82) is 0 Å². The van der Waals surface area contributed by atoms with Crippen molar-refractivity contribution in [1.82, 2.24) is 14.7 Å². The molecule has 2 aromatic carbocycles. The highest BCUT2D eigenvalue weighted by Gasteiger charge is 2.36. The normalized spacial score (nSPS) is 15.7. The second-order valence-corrected chi connectivity index (χ2v) is 9.80. The molecule has 0 unspecified atom stereocenters. The molecule has 1 saturated heterocycles. The summed E-state index contributed by atoms with van der Waals surface area (Å²) >= 11 is 0.678. The number of carbonyl (C=O) groups is 3. The van der Waals surface area contributed by atoms with Gasteiger partial charge in [0.25, 0.3) is 11.8 Å². The maximum absolute atomic E-state index is 14.5. The number of hydrogen-bond acceptors (Lipinski definition) is 8. The van der Waals surface area contributed by atoms with Gasteiger partial charge in [0, 0.05) is 30.4 Å². The van der Waals surface area contributed by atoms with E-state index in [0.717, 1.165) is 29.2 Å². The first kappa shape index (κ1) is 26.2. The zero-order valence-electron chi connectivity index (χ0n) is 20.7. The van der Waals surface area contributed by atoms with Gasteiger partial charge in [0.2, 0.25) is 5.91 Å². The molecule has 0 aliphatic carbocycles. The van der Waals surface area contributed by atoms with Gasteiger partial charge >= 0.3 is 0 Å². The van der Waals surface area contributed by atoms with E-state index in [2.05, 4.69) is 14.7 Å². The Morgan fingerprint density at radius 1 is 1.18 bits per heavy atom. The fourth-order valence-electron chi connectivity index (χ4n) is 4.55. The van der Waals surface area contributed by atoms with E-state index in [1.54, 1.807) is 30.5 Å². The lowest BCUT2D eigenvalue weighted by atomic mass is 10.00. The molecule has 1 fully saturated rings. The summed E-state index contributed by atoms with van der Waals surface area (Å²) in [6, 6.07) is 12.9. The van der Waals surface area contributed by atoms with E-state index in [1.165, 1.54) is 18.2 Å². The SMILES string of the molecule is NC(=O)c1nsc(C(=O)N(c2cccc(F)c2)[C@H](C(=O)NC[C@H]2CCCO2)c2ccc3ncccc3c2)c1N. The number of nitrogens with one attached hydrogen (secondary N) is 1. The minimum atomic E-state index is -1.25. The van der Waals surface area contributed by atoms with Crippen molar-refractivity contribution in [2.75, 3.05) is 23.8 Å². The van der Waals surface area contributed by atoms with E-state index in [4.69, 9.17) is 16.2 Å². The van der Waals surface area contributed by atoms with E-state index in [-0.39, 0.29) is 34.6 Å². The summed E-state index contributed by atoms with van der Waals surface area (Å²) in [7, 11) is 0. The van der Waals surface area contributed by atoms with E-state index in [0.29, 0.717) is 29.2 Å². The average molecular weight is 549 g/mol. The van der Waals surface area contributed by atoms with Crippen molar-refractivity contribution in [3.63, 3.8) is 0 Å². The molecule has 0 radical (unpaired) electrons. The Balaban J connectivity index is 1.64. The van der Waals surface area contributed by atoms with Crippen LogP contribution >= 0.6 is 11.5 Å². The number of nitrogen functional groups attached to an aromatic ring is 1. The van der Waals surface area contributed by atoms with Crippen LogP contribution in [0.3, 0.4) is 0 Å². The topological polar surface area (TPSA) is 154 Å². The number of fused-ring (bicyclic) bond motifs is 1. The summed E-state index contributed by atoms with van der Waals surface area (Å²) in [6.07, 6.45) is 3.19. The number of aromatic nitrogens is 2. The summed E-state index contributed by atoms with van der Waals surface area (Å²) in [6.45, 7) is 0.854. The van der Waals surface area contributed by atoms with Gasteiger partial charge in [-0.15, -0.1) is 0 Å². The van der Waals surface area contributed by atoms with Crippen LogP contribution in [0.15, 0.2) is 60.8 Å². The fourth-order valence-corrected chi connectivity index (χ4v) is 5.29. The molecule has 3 amide bonds. The summed E-state index contributed by atoms with van der Waals surface area (Å²) < 4.78 is 24.0. The molecule has 2 atom stereocenters. The van der Waals surface area contributed by atoms with Gasteiger partial charge in [0.1, 0.15) is 16.7 Å². The van der Waals surface area contributed by atoms with E-state index in [9.17, 15) is 18.8 Å². The van der Waals surface area contributed by atoms with E-state index >= 15 is 0 Å². The van der Waals surface area contributed by atoms with Crippen molar-refractivity contribution in [3.05, 3.63) is 82.7 Å².